The standard InChI is InChI=1S/C25H22FN3O4S.ClH/c26-17-5-8-22-23(13-17)33-15-16-3-1-2-4-21(16)29(22)34(31,32)18-6-7-19-20(14-18)28-24(30)25(19)9-11-27-12-10-25;/h1-8,13-14,27H,9-12,15H2,(H,28,30);1H. The minimum atomic E-state index is -4.14. The summed E-state index contributed by atoms with van der Waals surface area (Å²) in [7, 11) is -4.14. The summed E-state index contributed by atoms with van der Waals surface area (Å²) in [4.78, 5) is 13.0. The second kappa shape index (κ2) is 8.51. The van der Waals surface area contributed by atoms with Crippen molar-refractivity contribution in [2.24, 2.45) is 0 Å². The fourth-order valence-corrected chi connectivity index (χ4v) is 6.74. The van der Waals surface area contributed by atoms with Gasteiger partial charge in [0.05, 0.1) is 21.7 Å². The maximum Gasteiger partial charge on any atom is 0.268 e. The van der Waals surface area contributed by atoms with Crippen molar-refractivity contribution in [1.29, 1.82) is 0 Å². The Hall–Kier alpha value is -3.14. The van der Waals surface area contributed by atoms with Crippen molar-refractivity contribution in [2.45, 2.75) is 29.8 Å². The number of benzene rings is 3. The van der Waals surface area contributed by atoms with Gasteiger partial charge in [-0.25, -0.2) is 17.1 Å². The van der Waals surface area contributed by atoms with Crippen LogP contribution in [0.5, 0.6) is 5.75 Å². The van der Waals surface area contributed by atoms with Gasteiger partial charge < -0.3 is 15.4 Å². The lowest BCUT2D eigenvalue weighted by molar-refractivity contribution is -0.121. The molecular weight excluding hydrogens is 493 g/mol. The molecule has 0 atom stereocenters. The summed E-state index contributed by atoms with van der Waals surface area (Å²) in [5, 5.41) is 6.18. The zero-order valence-electron chi connectivity index (χ0n) is 18.6. The number of nitrogens with zero attached hydrogens (tertiary/aromatic N) is 1. The molecule has 1 spiro atoms. The van der Waals surface area contributed by atoms with Crippen LogP contribution in [-0.4, -0.2) is 27.4 Å². The van der Waals surface area contributed by atoms with Crippen molar-refractivity contribution in [3.05, 3.63) is 77.6 Å². The fraction of sp³-hybridized carbons (Fsp3) is 0.240. The zero-order chi connectivity index (χ0) is 23.5. The van der Waals surface area contributed by atoms with E-state index in [-0.39, 0.29) is 41.3 Å². The first-order valence-electron chi connectivity index (χ1n) is 11.1. The lowest BCUT2D eigenvalue weighted by atomic mass is 9.74. The highest BCUT2D eigenvalue weighted by molar-refractivity contribution is 7.93. The fourth-order valence-electron chi connectivity index (χ4n) is 5.17. The number of carbonyl (C=O) groups is 1. The molecule has 10 heteroatoms. The molecule has 0 saturated carbocycles. The molecular formula is C25H23ClFN3O4S. The van der Waals surface area contributed by atoms with E-state index in [1.54, 1.807) is 36.4 Å². The van der Waals surface area contributed by atoms with E-state index in [9.17, 15) is 17.6 Å². The maximum atomic E-state index is 14.1. The molecule has 3 aliphatic heterocycles. The summed E-state index contributed by atoms with van der Waals surface area (Å²) in [5.74, 6) is -0.467. The van der Waals surface area contributed by atoms with Gasteiger partial charge in [-0.2, -0.15) is 0 Å². The van der Waals surface area contributed by atoms with Gasteiger partial charge in [0.1, 0.15) is 18.2 Å². The van der Waals surface area contributed by atoms with Crippen LogP contribution in [0.15, 0.2) is 65.6 Å². The van der Waals surface area contributed by atoms with Gasteiger partial charge in [-0.1, -0.05) is 24.3 Å². The first-order chi connectivity index (χ1) is 16.4. The van der Waals surface area contributed by atoms with E-state index in [0.29, 0.717) is 29.8 Å². The molecule has 3 heterocycles. The van der Waals surface area contributed by atoms with Crippen LogP contribution < -0.4 is 19.7 Å². The Morgan fingerprint density at radius 1 is 0.971 bits per heavy atom. The maximum absolute atomic E-state index is 14.1. The third-order valence-corrected chi connectivity index (χ3v) is 8.64. The van der Waals surface area contributed by atoms with E-state index in [0.717, 1.165) is 18.7 Å². The first kappa shape index (κ1) is 23.6. The molecule has 0 radical (unpaired) electrons. The minimum absolute atomic E-state index is 0. The first-order valence-corrected chi connectivity index (χ1v) is 12.6. The van der Waals surface area contributed by atoms with E-state index >= 15 is 0 Å². The van der Waals surface area contributed by atoms with Crippen LogP contribution >= 0.6 is 12.4 Å². The van der Waals surface area contributed by atoms with Gasteiger partial charge in [-0.15, -0.1) is 12.4 Å². The monoisotopic (exact) mass is 515 g/mol. The molecule has 3 aliphatic rings. The highest BCUT2D eigenvalue weighted by Crippen LogP contribution is 2.47. The summed E-state index contributed by atoms with van der Waals surface area (Å²) in [6, 6.07) is 15.7. The average molecular weight is 516 g/mol. The van der Waals surface area contributed by atoms with Crippen molar-refractivity contribution in [3.63, 3.8) is 0 Å². The van der Waals surface area contributed by atoms with E-state index in [1.165, 1.54) is 28.6 Å². The molecule has 6 rings (SSSR count). The smallest absolute Gasteiger partial charge is 0.268 e. The van der Waals surface area contributed by atoms with E-state index < -0.39 is 21.3 Å². The van der Waals surface area contributed by atoms with Crippen LogP contribution in [0.2, 0.25) is 0 Å². The van der Waals surface area contributed by atoms with Crippen molar-refractivity contribution in [2.75, 3.05) is 22.7 Å². The Morgan fingerprint density at radius 3 is 2.54 bits per heavy atom. The van der Waals surface area contributed by atoms with Crippen molar-refractivity contribution in [1.82, 2.24) is 5.32 Å². The molecule has 0 aromatic heterocycles. The molecule has 2 N–H and O–H groups in total. The summed E-state index contributed by atoms with van der Waals surface area (Å²) in [6.45, 7) is 1.56. The predicted octanol–water partition coefficient (Wildman–Crippen LogP) is 4.24. The SMILES string of the molecule is Cl.O=C1Nc2cc(S(=O)(=O)N3c4ccccc4COc4cc(F)ccc43)ccc2C12CCNCC2. The number of sulfonamides is 1. The van der Waals surface area contributed by atoms with E-state index in [4.69, 9.17) is 4.74 Å². The molecule has 0 aliphatic carbocycles. The second-order valence-electron chi connectivity index (χ2n) is 8.79. The third-order valence-electron chi connectivity index (χ3n) is 6.92. The summed E-state index contributed by atoms with van der Waals surface area (Å²) < 4.78 is 49.0. The lowest BCUT2D eigenvalue weighted by Crippen LogP contribution is -2.44. The number of hydrogen-bond donors (Lipinski definition) is 2. The molecule has 0 unspecified atom stereocenters. The predicted molar refractivity (Wildman–Crippen MR) is 133 cm³/mol. The number of nitrogens with one attached hydrogen (secondary N) is 2. The Kier molecular flexibility index (Phi) is 5.74. The normalized spacial score (nSPS) is 17.9. The molecule has 182 valence electrons. The number of piperidine rings is 1. The third kappa shape index (κ3) is 3.57. The van der Waals surface area contributed by atoms with Crippen LogP contribution in [0.25, 0.3) is 0 Å². The van der Waals surface area contributed by atoms with Crippen molar-refractivity contribution in [3.8, 4) is 5.75 Å². The van der Waals surface area contributed by atoms with Gasteiger partial charge in [0.15, 0.2) is 0 Å². The van der Waals surface area contributed by atoms with E-state index in [2.05, 4.69) is 10.6 Å². The number of halogens is 2. The number of ether oxygens (including phenoxy) is 1. The Labute approximate surface area is 208 Å². The van der Waals surface area contributed by atoms with Gasteiger partial charge in [0.25, 0.3) is 10.0 Å². The van der Waals surface area contributed by atoms with Crippen LogP contribution in [0, 0.1) is 5.82 Å². The van der Waals surface area contributed by atoms with Gasteiger partial charge in [0, 0.05) is 17.3 Å². The molecule has 35 heavy (non-hydrogen) atoms. The molecule has 0 bridgehead atoms. The molecule has 1 saturated heterocycles. The van der Waals surface area contributed by atoms with Crippen molar-refractivity contribution < 1.29 is 22.3 Å². The largest absolute Gasteiger partial charge is 0.486 e. The molecule has 3 aromatic rings. The molecule has 1 amide bonds. The number of amides is 1. The van der Waals surface area contributed by atoms with Gasteiger partial charge in [-0.05, 0) is 61.8 Å². The number of anilines is 3. The van der Waals surface area contributed by atoms with Crippen LogP contribution in [0.3, 0.4) is 0 Å². The van der Waals surface area contributed by atoms with E-state index in [1.807, 2.05) is 0 Å². The lowest BCUT2D eigenvalue weighted by Gasteiger charge is -2.32. The highest BCUT2D eigenvalue weighted by Gasteiger charge is 2.47. The average Bonchev–Trinajstić information content (AvgIpc) is 2.99. The van der Waals surface area contributed by atoms with Gasteiger partial charge in [-0.3, -0.25) is 4.79 Å². The van der Waals surface area contributed by atoms with Gasteiger partial charge in [0.2, 0.25) is 5.91 Å². The number of fused-ring (bicyclic) bond motifs is 4. The number of carbonyl (C=O) groups excluding carboxylic acids is 1. The zero-order valence-corrected chi connectivity index (χ0v) is 20.2. The number of para-hydroxylation sites is 1. The topological polar surface area (TPSA) is 87.7 Å². The van der Waals surface area contributed by atoms with Crippen LogP contribution in [0.4, 0.5) is 21.5 Å². The Balaban J connectivity index is 0.00000253. The number of hydrogen-bond acceptors (Lipinski definition) is 5. The molecule has 1 fully saturated rings. The number of rotatable bonds is 2. The highest BCUT2D eigenvalue weighted by atomic mass is 35.5. The summed E-state index contributed by atoms with van der Waals surface area (Å²) >= 11 is 0. The quantitative estimate of drug-likeness (QED) is 0.533. The molecule has 3 aromatic carbocycles. The summed E-state index contributed by atoms with van der Waals surface area (Å²) in [5.41, 5.74) is 2.05. The summed E-state index contributed by atoms with van der Waals surface area (Å²) in [6.07, 6.45) is 1.32. The Morgan fingerprint density at radius 2 is 1.74 bits per heavy atom. The van der Waals surface area contributed by atoms with Crippen LogP contribution in [-0.2, 0) is 26.8 Å². The van der Waals surface area contributed by atoms with Crippen LogP contribution in [0.1, 0.15) is 24.0 Å². The second-order valence-corrected chi connectivity index (χ2v) is 10.6. The minimum Gasteiger partial charge on any atom is -0.486 e. The van der Waals surface area contributed by atoms with Gasteiger partial charge >= 0.3 is 0 Å². The van der Waals surface area contributed by atoms with Crippen molar-refractivity contribution >= 4 is 45.4 Å². The molecule has 7 nitrogen and oxygen atoms in total. The Bertz CT molecular complexity index is 1440.